The maximum Gasteiger partial charge on any atom is 0.342 e. The molecule has 0 radical (unpaired) electrons. The molecule has 0 aliphatic carbocycles. The zero-order valence-electron chi connectivity index (χ0n) is 10.0. The summed E-state index contributed by atoms with van der Waals surface area (Å²) in [6.07, 6.45) is 0. The Balaban J connectivity index is 2.40. The summed E-state index contributed by atoms with van der Waals surface area (Å²) in [5, 5.41) is 22.8. The molecule has 0 aliphatic rings. The minimum atomic E-state index is -1.34. The van der Waals surface area contributed by atoms with Crippen molar-refractivity contribution in [2.75, 3.05) is 5.32 Å². The van der Waals surface area contributed by atoms with Crippen LogP contribution in [0.2, 0.25) is 0 Å². The number of halogens is 1. The molecule has 6 nitrogen and oxygen atoms in total. The summed E-state index contributed by atoms with van der Waals surface area (Å²) in [6.45, 7) is 0. The lowest BCUT2D eigenvalue weighted by Gasteiger charge is -2.09. The van der Waals surface area contributed by atoms with Gasteiger partial charge in [-0.3, -0.25) is 10.1 Å². The molecule has 0 bridgehead atoms. The lowest BCUT2D eigenvalue weighted by Crippen LogP contribution is -2.03. The van der Waals surface area contributed by atoms with E-state index in [0.29, 0.717) is 5.69 Å². The third kappa shape index (κ3) is 2.94. The first-order valence-corrected chi connectivity index (χ1v) is 6.31. The van der Waals surface area contributed by atoms with Crippen molar-refractivity contribution in [3.63, 3.8) is 0 Å². The molecule has 2 aromatic rings. The van der Waals surface area contributed by atoms with Crippen molar-refractivity contribution in [3.8, 4) is 0 Å². The predicted octanol–water partition coefficient (Wildman–Crippen LogP) is 3.80. The molecule has 20 heavy (non-hydrogen) atoms. The van der Waals surface area contributed by atoms with E-state index < -0.39 is 16.6 Å². The Kier molecular flexibility index (Phi) is 3.99. The van der Waals surface area contributed by atoms with Crippen LogP contribution in [0.3, 0.4) is 0 Å². The lowest BCUT2D eigenvalue weighted by atomic mass is 10.1. The number of carboxylic acids is 1. The van der Waals surface area contributed by atoms with Gasteiger partial charge in [-0.05, 0) is 40.2 Å². The van der Waals surface area contributed by atoms with Gasteiger partial charge >= 0.3 is 5.97 Å². The summed E-state index contributed by atoms with van der Waals surface area (Å²) >= 11 is 3.35. The predicted molar refractivity (Wildman–Crippen MR) is 77.5 cm³/mol. The summed E-state index contributed by atoms with van der Waals surface area (Å²) < 4.78 is 0.801. The van der Waals surface area contributed by atoms with Crippen LogP contribution in [-0.4, -0.2) is 16.0 Å². The van der Waals surface area contributed by atoms with Gasteiger partial charge in [0.25, 0.3) is 5.69 Å². The van der Waals surface area contributed by atoms with E-state index in [2.05, 4.69) is 21.2 Å². The number of nitrogens with one attached hydrogen (secondary N) is 1. The van der Waals surface area contributed by atoms with Crippen LogP contribution >= 0.6 is 15.9 Å². The van der Waals surface area contributed by atoms with Crippen LogP contribution in [0.4, 0.5) is 17.1 Å². The Morgan fingerprint density at radius 3 is 2.55 bits per heavy atom. The summed E-state index contributed by atoms with van der Waals surface area (Å²) in [7, 11) is 0. The van der Waals surface area contributed by atoms with Crippen molar-refractivity contribution < 1.29 is 14.8 Å². The van der Waals surface area contributed by atoms with Crippen molar-refractivity contribution >= 4 is 39.0 Å². The first kappa shape index (κ1) is 14.0. The average molecular weight is 337 g/mol. The molecule has 2 N–H and O–H groups in total. The Morgan fingerprint density at radius 2 is 1.95 bits per heavy atom. The topological polar surface area (TPSA) is 92.5 Å². The van der Waals surface area contributed by atoms with Crippen LogP contribution in [0.25, 0.3) is 0 Å². The van der Waals surface area contributed by atoms with Crippen LogP contribution in [0.5, 0.6) is 0 Å². The summed E-state index contributed by atoms with van der Waals surface area (Å²) in [5.74, 6) is -1.34. The zero-order chi connectivity index (χ0) is 14.7. The number of anilines is 2. The Bertz CT molecular complexity index is 688. The van der Waals surface area contributed by atoms with Gasteiger partial charge in [-0.25, -0.2) is 4.79 Å². The molecule has 0 saturated heterocycles. The molecule has 2 aromatic carbocycles. The highest BCUT2D eigenvalue weighted by molar-refractivity contribution is 9.10. The molecule has 102 valence electrons. The number of carboxylic acid groups (broad SMARTS) is 1. The normalized spacial score (nSPS) is 10.1. The quantitative estimate of drug-likeness (QED) is 0.654. The van der Waals surface area contributed by atoms with Crippen molar-refractivity contribution in [3.05, 3.63) is 62.6 Å². The molecule has 0 aliphatic heterocycles. The van der Waals surface area contributed by atoms with Crippen molar-refractivity contribution in [1.29, 1.82) is 0 Å². The van der Waals surface area contributed by atoms with E-state index in [-0.39, 0.29) is 5.56 Å². The molecule has 2 rings (SSSR count). The third-order valence-corrected chi connectivity index (χ3v) is 3.27. The zero-order valence-corrected chi connectivity index (χ0v) is 11.6. The number of aromatic carboxylic acids is 1. The first-order chi connectivity index (χ1) is 9.49. The van der Waals surface area contributed by atoms with Gasteiger partial charge in [-0.15, -0.1) is 0 Å². The first-order valence-electron chi connectivity index (χ1n) is 5.52. The van der Waals surface area contributed by atoms with Gasteiger partial charge in [0, 0.05) is 16.2 Å². The molecule has 0 amide bonds. The number of nitrogens with zero attached hydrogens (tertiary/aromatic N) is 1. The number of carbonyl (C=O) groups is 1. The second-order valence-corrected chi connectivity index (χ2v) is 4.75. The van der Waals surface area contributed by atoms with E-state index in [1.807, 2.05) is 18.2 Å². The largest absolute Gasteiger partial charge is 0.477 e. The SMILES string of the molecule is O=C(O)c1cc(Nc2ccccc2Br)ccc1[N+](=O)[O-]. The molecular weight excluding hydrogens is 328 g/mol. The number of benzene rings is 2. The third-order valence-electron chi connectivity index (χ3n) is 2.58. The molecule has 0 spiro atoms. The maximum atomic E-state index is 11.1. The highest BCUT2D eigenvalue weighted by Crippen LogP contribution is 2.28. The number of para-hydroxylation sites is 1. The molecule has 0 heterocycles. The molecular formula is C13H9BrN2O4. The van der Waals surface area contributed by atoms with E-state index in [1.54, 1.807) is 6.07 Å². The number of rotatable bonds is 4. The molecule has 0 saturated carbocycles. The fourth-order valence-corrected chi connectivity index (χ4v) is 2.05. The molecule has 7 heteroatoms. The summed E-state index contributed by atoms with van der Waals surface area (Å²) in [4.78, 5) is 21.1. The molecule has 0 unspecified atom stereocenters. The van der Waals surface area contributed by atoms with Crippen LogP contribution in [0, 0.1) is 10.1 Å². The molecule has 0 aromatic heterocycles. The van der Waals surface area contributed by atoms with Gasteiger partial charge in [-0.1, -0.05) is 12.1 Å². The number of nitro benzene ring substituents is 1. The van der Waals surface area contributed by atoms with Crippen LogP contribution in [0.15, 0.2) is 46.9 Å². The standard InChI is InChI=1S/C13H9BrN2O4/c14-10-3-1-2-4-11(10)15-8-5-6-12(16(19)20)9(7-8)13(17)18/h1-7,15H,(H,17,18). The number of hydrogen-bond donors (Lipinski definition) is 2. The van der Waals surface area contributed by atoms with Gasteiger partial charge in [0.2, 0.25) is 0 Å². The van der Waals surface area contributed by atoms with E-state index in [4.69, 9.17) is 5.11 Å². The van der Waals surface area contributed by atoms with Gasteiger partial charge in [-0.2, -0.15) is 0 Å². The lowest BCUT2D eigenvalue weighted by molar-refractivity contribution is -0.385. The second kappa shape index (κ2) is 5.70. The van der Waals surface area contributed by atoms with Crippen LogP contribution in [0.1, 0.15) is 10.4 Å². The highest BCUT2D eigenvalue weighted by atomic mass is 79.9. The highest BCUT2D eigenvalue weighted by Gasteiger charge is 2.20. The van der Waals surface area contributed by atoms with Crippen LogP contribution < -0.4 is 5.32 Å². The minimum absolute atomic E-state index is 0.355. The monoisotopic (exact) mass is 336 g/mol. The Morgan fingerprint density at radius 1 is 1.25 bits per heavy atom. The van der Waals surface area contributed by atoms with Gasteiger partial charge in [0.15, 0.2) is 0 Å². The van der Waals surface area contributed by atoms with E-state index in [1.165, 1.54) is 18.2 Å². The van der Waals surface area contributed by atoms with E-state index in [0.717, 1.165) is 10.2 Å². The molecule has 0 atom stereocenters. The van der Waals surface area contributed by atoms with E-state index >= 15 is 0 Å². The Labute approximate surface area is 122 Å². The van der Waals surface area contributed by atoms with Crippen molar-refractivity contribution in [2.45, 2.75) is 0 Å². The van der Waals surface area contributed by atoms with Crippen molar-refractivity contribution in [1.82, 2.24) is 0 Å². The summed E-state index contributed by atoms with van der Waals surface area (Å²) in [5.41, 5.74) is 0.403. The smallest absolute Gasteiger partial charge is 0.342 e. The number of hydrogen-bond acceptors (Lipinski definition) is 4. The average Bonchev–Trinajstić information content (AvgIpc) is 2.41. The van der Waals surface area contributed by atoms with Crippen molar-refractivity contribution in [2.24, 2.45) is 0 Å². The van der Waals surface area contributed by atoms with Crippen LogP contribution in [-0.2, 0) is 0 Å². The minimum Gasteiger partial charge on any atom is -0.477 e. The van der Waals surface area contributed by atoms with E-state index in [9.17, 15) is 14.9 Å². The summed E-state index contributed by atoms with van der Waals surface area (Å²) in [6, 6.07) is 11.1. The molecule has 0 fully saturated rings. The van der Waals surface area contributed by atoms with Gasteiger partial charge < -0.3 is 10.4 Å². The fourth-order valence-electron chi connectivity index (χ4n) is 1.66. The second-order valence-electron chi connectivity index (χ2n) is 3.90. The Hall–Kier alpha value is -2.41. The maximum absolute atomic E-state index is 11.1. The van der Waals surface area contributed by atoms with Gasteiger partial charge in [0.1, 0.15) is 5.56 Å². The fraction of sp³-hybridized carbons (Fsp3) is 0. The number of nitro groups is 1. The van der Waals surface area contributed by atoms with Gasteiger partial charge in [0.05, 0.1) is 10.6 Å².